The van der Waals surface area contributed by atoms with E-state index in [1.54, 1.807) is 25.3 Å². The highest BCUT2D eigenvalue weighted by Crippen LogP contribution is 2.28. The minimum absolute atomic E-state index is 0.290. The fourth-order valence-corrected chi connectivity index (χ4v) is 4.24. The summed E-state index contributed by atoms with van der Waals surface area (Å²) in [6.45, 7) is 0.924. The van der Waals surface area contributed by atoms with E-state index in [1.807, 2.05) is 12.4 Å². The highest BCUT2D eigenvalue weighted by atomic mass is 79.9. The van der Waals surface area contributed by atoms with Crippen molar-refractivity contribution in [3.63, 3.8) is 0 Å². The number of ether oxygens (including phenoxy) is 1. The molecule has 0 radical (unpaired) electrons. The van der Waals surface area contributed by atoms with Crippen molar-refractivity contribution in [2.45, 2.75) is 25.8 Å². The van der Waals surface area contributed by atoms with E-state index in [0.717, 1.165) is 15.1 Å². The van der Waals surface area contributed by atoms with Crippen molar-refractivity contribution in [2.75, 3.05) is 7.11 Å². The Morgan fingerprint density at radius 3 is 2.96 bits per heavy atom. The molecule has 0 atom stereocenters. The summed E-state index contributed by atoms with van der Waals surface area (Å²) in [4.78, 5) is 9.33. The van der Waals surface area contributed by atoms with E-state index in [9.17, 15) is 0 Å². The number of aliphatic imine (C=N–C) groups is 1. The van der Waals surface area contributed by atoms with E-state index < -0.39 is 0 Å². The van der Waals surface area contributed by atoms with E-state index in [1.165, 1.54) is 30.6 Å². The molecular weight excluding hydrogens is 424 g/mol. The Hall–Kier alpha value is -1.62. The molecule has 0 unspecified atom stereocenters. The third kappa shape index (κ3) is 4.32. The Morgan fingerprint density at radius 2 is 2.32 bits per heavy atom. The minimum Gasteiger partial charge on any atom is -0.496 e. The van der Waals surface area contributed by atoms with Gasteiger partial charge in [-0.05, 0) is 52.9 Å². The molecule has 0 amide bonds. The van der Waals surface area contributed by atoms with Gasteiger partial charge in [0.25, 0.3) is 0 Å². The van der Waals surface area contributed by atoms with Crippen LogP contribution in [0, 0.1) is 17.4 Å². The molecule has 1 heterocycles. The Labute approximate surface area is 163 Å². The van der Waals surface area contributed by atoms with Gasteiger partial charge < -0.3 is 9.30 Å². The minimum atomic E-state index is 0.290. The second kappa shape index (κ2) is 8.17. The maximum absolute atomic E-state index is 9.09. The van der Waals surface area contributed by atoms with Gasteiger partial charge in [0.1, 0.15) is 5.75 Å². The first-order chi connectivity index (χ1) is 12.1. The molecule has 1 aromatic carbocycles. The molecule has 3 rings (SSSR count). The van der Waals surface area contributed by atoms with Gasteiger partial charge in [0.2, 0.25) is 6.19 Å². The van der Waals surface area contributed by atoms with E-state index >= 15 is 0 Å². The topological polar surface area (TPSA) is 62.7 Å². The van der Waals surface area contributed by atoms with Crippen molar-refractivity contribution < 1.29 is 4.74 Å². The van der Waals surface area contributed by atoms with Crippen LogP contribution in [0.25, 0.3) is 0 Å². The fourth-order valence-electron chi connectivity index (χ4n) is 2.66. The van der Waals surface area contributed by atoms with Crippen LogP contribution in [0.1, 0.15) is 24.8 Å². The Bertz CT molecular complexity index is 908. The summed E-state index contributed by atoms with van der Waals surface area (Å²) in [5.74, 6) is 1.55. The molecule has 0 N–H and O–H groups in total. The fraction of sp³-hybridized carbons (Fsp3) is 0.353. The zero-order valence-electron chi connectivity index (χ0n) is 13.6. The molecule has 1 aliphatic carbocycles. The number of rotatable bonds is 4. The van der Waals surface area contributed by atoms with Gasteiger partial charge in [-0.1, -0.05) is 29.4 Å². The Morgan fingerprint density at radius 1 is 1.52 bits per heavy atom. The van der Waals surface area contributed by atoms with E-state index in [2.05, 4.69) is 30.5 Å². The number of hydrogen-bond donors (Lipinski definition) is 0. The molecule has 0 spiro atoms. The first-order valence-corrected chi connectivity index (χ1v) is 9.80. The molecule has 0 saturated heterocycles. The first kappa shape index (κ1) is 18.2. The molecule has 1 fully saturated rings. The summed E-state index contributed by atoms with van der Waals surface area (Å²) >= 11 is 11.1. The molecule has 1 aromatic heterocycles. The number of nitriles is 1. The molecular formula is C17H16BrClN4OS. The number of nitrogens with zero attached hydrogens (tertiary/aromatic N) is 4. The second-order valence-electron chi connectivity index (χ2n) is 5.76. The van der Waals surface area contributed by atoms with Crippen molar-refractivity contribution >= 4 is 44.7 Å². The van der Waals surface area contributed by atoms with E-state index in [0.29, 0.717) is 28.1 Å². The number of benzene rings is 1. The summed E-state index contributed by atoms with van der Waals surface area (Å²) in [5.41, 5.74) is 0.594. The third-order valence-electron chi connectivity index (χ3n) is 4.13. The van der Waals surface area contributed by atoms with Gasteiger partial charge in [-0.2, -0.15) is 15.2 Å². The summed E-state index contributed by atoms with van der Waals surface area (Å²) in [6.07, 6.45) is 7.65. The predicted molar refractivity (Wildman–Crippen MR) is 103 cm³/mol. The Balaban J connectivity index is 2.06. The van der Waals surface area contributed by atoms with Gasteiger partial charge in [0, 0.05) is 17.8 Å². The van der Waals surface area contributed by atoms with Gasteiger partial charge in [-0.15, -0.1) is 0 Å². The lowest BCUT2D eigenvalue weighted by Gasteiger charge is -2.25. The molecule has 8 heteroatoms. The van der Waals surface area contributed by atoms with Gasteiger partial charge >= 0.3 is 0 Å². The van der Waals surface area contributed by atoms with Crippen LogP contribution in [0.3, 0.4) is 0 Å². The van der Waals surface area contributed by atoms with Crippen molar-refractivity contribution in [3.05, 3.63) is 43.6 Å². The molecule has 5 nitrogen and oxygen atoms in total. The second-order valence-corrected chi connectivity index (χ2v) is 8.58. The van der Waals surface area contributed by atoms with Gasteiger partial charge in [0.05, 0.1) is 16.5 Å². The van der Waals surface area contributed by atoms with Crippen molar-refractivity contribution in [3.8, 4) is 11.9 Å². The average molecular weight is 440 g/mol. The zero-order chi connectivity index (χ0) is 17.8. The van der Waals surface area contributed by atoms with E-state index in [4.69, 9.17) is 21.6 Å². The molecule has 1 aliphatic rings. The lowest BCUT2D eigenvalue weighted by Crippen LogP contribution is -2.24. The van der Waals surface area contributed by atoms with Crippen LogP contribution in [-0.2, 0) is 6.54 Å². The lowest BCUT2D eigenvalue weighted by molar-refractivity contribution is 0.274. The van der Waals surface area contributed by atoms with Crippen molar-refractivity contribution in [1.82, 2.24) is 4.57 Å². The normalized spacial score (nSPS) is 15.8. The third-order valence-corrected chi connectivity index (χ3v) is 5.87. The van der Waals surface area contributed by atoms with E-state index in [-0.39, 0.29) is 0 Å². The zero-order valence-corrected chi connectivity index (χ0v) is 16.7. The van der Waals surface area contributed by atoms with Crippen LogP contribution in [-0.4, -0.2) is 17.5 Å². The highest BCUT2D eigenvalue weighted by molar-refractivity contribution is 9.11. The number of thiazole rings is 1. The molecule has 0 bridgehead atoms. The smallest absolute Gasteiger partial charge is 0.207 e. The quantitative estimate of drug-likeness (QED) is 0.397. The Kier molecular flexibility index (Phi) is 5.94. The summed E-state index contributed by atoms with van der Waals surface area (Å²) in [7, 11) is 1.56. The number of halogens is 2. The molecule has 2 aromatic rings. The van der Waals surface area contributed by atoms with Crippen LogP contribution in [0.15, 0.2) is 38.2 Å². The van der Waals surface area contributed by atoms with Gasteiger partial charge in [-0.3, -0.25) is 0 Å². The predicted octanol–water partition coefficient (Wildman–Crippen LogP) is 4.60. The standard InChI is InChI=1S/C17H16BrClN4OS/c1-24-14-6-5-12(19)7-13(14)16(21-10-20)22-17-23(9-15(18)25-17)8-11-3-2-4-11/h5-7,9,11H,2-4,8H2,1H3. The molecule has 130 valence electrons. The highest BCUT2D eigenvalue weighted by Gasteiger charge is 2.19. The van der Waals surface area contributed by atoms with Gasteiger partial charge in [-0.25, -0.2) is 0 Å². The number of aromatic nitrogens is 1. The number of amidine groups is 1. The van der Waals surface area contributed by atoms with Crippen LogP contribution < -0.4 is 9.54 Å². The van der Waals surface area contributed by atoms with Crippen LogP contribution >= 0.6 is 38.9 Å². The summed E-state index contributed by atoms with van der Waals surface area (Å²) in [5, 5.41) is 9.63. The number of hydrogen-bond acceptors (Lipinski definition) is 4. The van der Waals surface area contributed by atoms with Crippen LogP contribution in [0.2, 0.25) is 5.02 Å². The first-order valence-electron chi connectivity index (χ1n) is 7.82. The van der Waals surface area contributed by atoms with Crippen molar-refractivity contribution in [2.24, 2.45) is 15.9 Å². The summed E-state index contributed by atoms with van der Waals surface area (Å²) < 4.78 is 8.47. The average Bonchev–Trinajstić information content (AvgIpc) is 2.90. The SMILES string of the molecule is COc1ccc(Cl)cc1C(=NC#N)N=c1sc(Br)cn1CC1CCC1. The largest absolute Gasteiger partial charge is 0.496 e. The monoisotopic (exact) mass is 438 g/mol. The maximum atomic E-state index is 9.09. The summed E-state index contributed by atoms with van der Waals surface area (Å²) in [6, 6.07) is 5.18. The lowest BCUT2D eigenvalue weighted by atomic mass is 9.85. The molecule has 0 aliphatic heterocycles. The molecule has 25 heavy (non-hydrogen) atoms. The maximum Gasteiger partial charge on any atom is 0.207 e. The van der Waals surface area contributed by atoms with Crippen LogP contribution in [0.5, 0.6) is 5.75 Å². The van der Waals surface area contributed by atoms with Crippen LogP contribution in [0.4, 0.5) is 0 Å². The van der Waals surface area contributed by atoms with Crippen molar-refractivity contribution in [1.29, 1.82) is 5.26 Å². The number of methoxy groups -OCH3 is 1. The molecule has 1 saturated carbocycles. The van der Waals surface area contributed by atoms with Gasteiger partial charge in [0.15, 0.2) is 10.6 Å².